The van der Waals surface area contributed by atoms with Crippen LogP contribution in [0.2, 0.25) is 0 Å². The lowest BCUT2D eigenvalue weighted by molar-refractivity contribution is -0.242. The lowest BCUT2D eigenvalue weighted by atomic mass is 9.97. The van der Waals surface area contributed by atoms with Crippen molar-refractivity contribution in [3.63, 3.8) is 0 Å². The van der Waals surface area contributed by atoms with E-state index in [1.807, 2.05) is 10.2 Å². The summed E-state index contributed by atoms with van der Waals surface area (Å²) >= 11 is 0. The normalized spacial score (nSPS) is 21.4. The molecule has 1 fully saturated rings. The number of rotatable bonds is 6. The van der Waals surface area contributed by atoms with Crippen LogP contribution in [0.3, 0.4) is 0 Å². The molecule has 11 nitrogen and oxygen atoms in total. The van der Waals surface area contributed by atoms with Crippen LogP contribution >= 0.6 is 0 Å². The Kier molecular flexibility index (Phi) is 6.24. The zero-order valence-corrected chi connectivity index (χ0v) is 18.5. The average Bonchev–Trinajstić information content (AvgIpc) is 3.33. The standard InChI is InChI=1S/C19H24F2N6O5S/c1-11-17(10-26(24-11)18(20)21)33(31,32)27-8-12(7-25-3-2-14(28)9-25)4-15-16(27)5-13(6-22-15)23-19(29)30/h5-6,10,12,14,18,23,28H,2-4,7-9H2,1H3,(H,29,30)/p-1/t12-,14+/m0/s1. The second-order valence-electron chi connectivity index (χ2n) is 8.25. The largest absolute Gasteiger partial charge is 0.530 e. The van der Waals surface area contributed by atoms with Gasteiger partial charge in [-0.3, -0.25) is 9.29 Å². The molecule has 2 atom stereocenters. The number of carbonyl (C=O) groups excluding carboxylic acids is 1. The number of aryl methyl sites for hydroxylation is 1. The Hall–Kier alpha value is -2.84. The summed E-state index contributed by atoms with van der Waals surface area (Å²) in [6.45, 7) is 0.0242. The van der Waals surface area contributed by atoms with Crippen LogP contribution in [-0.2, 0) is 16.4 Å². The summed E-state index contributed by atoms with van der Waals surface area (Å²) in [4.78, 5) is 16.9. The number of halogens is 2. The fourth-order valence-electron chi connectivity index (χ4n) is 4.34. The Morgan fingerprint density at radius 3 is 2.76 bits per heavy atom. The minimum Gasteiger partial charge on any atom is -0.530 e. The summed E-state index contributed by atoms with van der Waals surface area (Å²) < 4.78 is 54.7. The van der Waals surface area contributed by atoms with E-state index in [0.717, 1.165) is 10.5 Å². The Morgan fingerprint density at radius 1 is 1.39 bits per heavy atom. The second-order valence-corrected chi connectivity index (χ2v) is 10.1. The molecule has 2 aliphatic rings. The van der Waals surface area contributed by atoms with Crippen LogP contribution in [0.15, 0.2) is 23.4 Å². The van der Waals surface area contributed by atoms with Gasteiger partial charge in [0.2, 0.25) is 0 Å². The number of β-amino-alcohol motifs (C(OH)–C–C–N with tert-alkyl or cyclic N) is 1. The molecule has 0 saturated carbocycles. The van der Waals surface area contributed by atoms with Gasteiger partial charge in [0.1, 0.15) is 11.0 Å². The first-order valence-electron chi connectivity index (χ1n) is 10.3. The number of fused-ring (bicyclic) bond motifs is 1. The minimum absolute atomic E-state index is 0.0232. The van der Waals surface area contributed by atoms with Gasteiger partial charge in [0.15, 0.2) is 0 Å². The summed E-state index contributed by atoms with van der Waals surface area (Å²) in [6, 6.07) is 1.33. The van der Waals surface area contributed by atoms with Crippen LogP contribution in [0, 0.1) is 12.8 Å². The second kappa shape index (κ2) is 8.83. The van der Waals surface area contributed by atoms with Crippen LogP contribution < -0.4 is 14.7 Å². The van der Waals surface area contributed by atoms with Crippen molar-refractivity contribution in [2.45, 2.75) is 37.3 Å². The molecule has 14 heteroatoms. The van der Waals surface area contributed by atoms with E-state index in [9.17, 15) is 32.2 Å². The molecule has 4 rings (SSSR count). The molecule has 0 radical (unpaired) electrons. The zero-order chi connectivity index (χ0) is 23.9. The summed E-state index contributed by atoms with van der Waals surface area (Å²) in [6.07, 6.45) is 1.09. The van der Waals surface area contributed by atoms with Crippen molar-refractivity contribution >= 4 is 27.5 Å². The highest BCUT2D eigenvalue weighted by molar-refractivity contribution is 7.92. The van der Waals surface area contributed by atoms with Crippen molar-refractivity contribution in [2.75, 3.05) is 35.8 Å². The molecule has 33 heavy (non-hydrogen) atoms. The van der Waals surface area contributed by atoms with E-state index in [-0.39, 0.29) is 39.1 Å². The van der Waals surface area contributed by atoms with Gasteiger partial charge in [-0.15, -0.1) is 0 Å². The van der Waals surface area contributed by atoms with Gasteiger partial charge in [-0.05, 0) is 31.7 Å². The maximum atomic E-state index is 13.6. The van der Waals surface area contributed by atoms with Gasteiger partial charge in [0, 0.05) is 26.2 Å². The van der Waals surface area contributed by atoms with Crippen LogP contribution in [0.25, 0.3) is 0 Å². The van der Waals surface area contributed by atoms with Crippen LogP contribution in [-0.4, -0.2) is 71.6 Å². The van der Waals surface area contributed by atoms with Crippen molar-refractivity contribution in [2.24, 2.45) is 5.92 Å². The first kappa shape index (κ1) is 23.3. The number of aliphatic hydroxyl groups excluding tert-OH is 1. The number of pyridine rings is 1. The maximum absolute atomic E-state index is 13.6. The van der Waals surface area contributed by atoms with E-state index in [2.05, 4.69) is 10.1 Å². The highest BCUT2D eigenvalue weighted by atomic mass is 32.2. The number of alkyl halides is 2. The van der Waals surface area contributed by atoms with Crippen molar-refractivity contribution in [3.05, 3.63) is 29.8 Å². The van der Waals surface area contributed by atoms with Gasteiger partial charge in [-0.1, -0.05) is 0 Å². The Morgan fingerprint density at radius 2 is 2.15 bits per heavy atom. The molecule has 1 saturated heterocycles. The monoisotopic (exact) mass is 485 g/mol. The highest BCUT2D eigenvalue weighted by Gasteiger charge is 2.37. The highest BCUT2D eigenvalue weighted by Crippen LogP contribution is 2.36. The van der Waals surface area contributed by atoms with Gasteiger partial charge in [0.25, 0.3) is 10.0 Å². The summed E-state index contributed by atoms with van der Waals surface area (Å²) in [5.74, 6) is -0.185. The SMILES string of the molecule is Cc1nn(C(F)F)cc1S(=O)(=O)N1C[C@H](CN2CC[C@@H](O)C2)Cc2ncc(NC(=O)[O-])cc21. The average molecular weight is 485 g/mol. The molecule has 180 valence electrons. The molecule has 0 bridgehead atoms. The predicted molar refractivity (Wildman–Crippen MR) is 110 cm³/mol. The van der Waals surface area contributed by atoms with E-state index < -0.39 is 28.8 Å². The predicted octanol–water partition coefficient (Wildman–Crippen LogP) is 0.171. The Balaban J connectivity index is 1.72. The van der Waals surface area contributed by atoms with Crippen molar-refractivity contribution < 1.29 is 32.2 Å². The van der Waals surface area contributed by atoms with Gasteiger partial charge in [0.05, 0.1) is 41.3 Å². The number of carbonyl (C=O) groups is 1. The first-order chi connectivity index (χ1) is 15.5. The summed E-state index contributed by atoms with van der Waals surface area (Å²) in [5.41, 5.74) is 0.522. The third-order valence-corrected chi connectivity index (χ3v) is 7.65. The minimum atomic E-state index is -4.32. The van der Waals surface area contributed by atoms with Gasteiger partial charge < -0.3 is 25.2 Å². The number of aromatic nitrogens is 3. The van der Waals surface area contributed by atoms with Crippen molar-refractivity contribution in [3.8, 4) is 0 Å². The molecule has 2 aromatic rings. The fraction of sp³-hybridized carbons (Fsp3) is 0.526. The molecule has 2 aliphatic heterocycles. The quantitative estimate of drug-likeness (QED) is 0.589. The molecule has 2 aromatic heterocycles. The fourth-order valence-corrected chi connectivity index (χ4v) is 6.06. The number of anilines is 2. The molecule has 0 aromatic carbocycles. The smallest absolute Gasteiger partial charge is 0.333 e. The van der Waals surface area contributed by atoms with Crippen LogP contribution in [0.4, 0.5) is 25.0 Å². The maximum Gasteiger partial charge on any atom is 0.333 e. The molecule has 4 heterocycles. The molecular weight excluding hydrogens is 462 g/mol. The number of nitrogens with zero attached hydrogens (tertiary/aromatic N) is 5. The molecule has 2 N–H and O–H groups in total. The number of hydrogen-bond acceptors (Lipinski definition) is 8. The van der Waals surface area contributed by atoms with Crippen LogP contribution in [0.5, 0.6) is 0 Å². The van der Waals surface area contributed by atoms with Gasteiger partial charge in [-0.2, -0.15) is 13.9 Å². The molecular formula is C19H23F2N6O5S-. The summed E-state index contributed by atoms with van der Waals surface area (Å²) in [7, 11) is -4.32. The van der Waals surface area contributed by atoms with E-state index in [4.69, 9.17) is 0 Å². The number of hydrogen-bond donors (Lipinski definition) is 2. The number of aliphatic hydroxyl groups is 1. The molecule has 0 aliphatic carbocycles. The first-order valence-corrected chi connectivity index (χ1v) is 11.7. The molecule has 1 amide bonds. The van der Waals surface area contributed by atoms with Gasteiger partial charge >= 0.3 is 6.55 Å². The van der Waals surface area contributed by atoms with E-state index in [0.29, 0.717) is 38.2 Å². The van der Waals surface area contributed by atoms with Gasteiger partial charge in [-0.25, -0.2) is 13.1 Å². The van der Waals surface area contributed by atoms with E-state index >= 15 is 0 Å². The number of likely N-dealkylation sites (tertiary alicyclic amines) is 1. The molecule has 0 unspecified atom stereocenters. The number of amides is 1. The van der Waals surface area contributed by atoms with E-state index in [1.54, 1.807) is 0 Å². The summed E-state index contributed by atoms with van der Waals surface area (Å²) in [5, 5.41) is 26.4. The lowest BCUT2D eigenvalue weighted by Gasteiger charge is -2.36. The third-order valence-electron chi connectivity index (χ3n) is 5.77. The molecule has 0 spiro atoms. The van der Waals surface area contributed by atoms with E-state index in [1.165, 1.54) is 19.2 Å². The Bertz CT molecular complexity index is 1160. The van der Waals surface area contributed by atoms with Crippen molar-refractivity contribution in [1.29, 1.82) is 0 Å². The van der Waals surface area contributed by atoms with Crippen LogP contribution in [0.1, 0.15) is 24.4 Å². The zero-order valence-electron chi connectivity index (χ0n) is 17.7. The topological polar surface area (TPSA) is 144 Å². The number of sulfonamides is 1. The number of nitrogens with one attached hydrogen (secondary N) is 1. The Labute approximate surface area is 188 Å². The van der Waals surface area contributed by atoms with Crippen molar-refractivity contribution in [1.82, 2.24) is 19.7 Å². The lowest BCUT2D eigenvalue weighted by Crippen LogP contribution is -2.44. The number of carboxylic acid groups (broad SMARTS) is 1. The third kappa shape index (κ3) is 4.77.